The first-order chi connectivity index (χ1) is 13.1. The molecule has 1 N–H and O–H groups in total. The van der Waals surface area contributed by atoms with Gasteiger partial charge in [-0.05, 0) is 42.9 Å². The summed E-state index contributed by atoms with van der Waals surface area (Å²) in [5, 5.41) is 9.33. The van der Waals surface area contributed by atoms with Crippen molar-refractivity contribution < 1.29 is 14.6 Å². The van der Waals surface area contributed by atoms with Gasteiger partial charge in [-0.3, -0.25) is 9.69 Å². The number of carboxylic acids is 1. The molecule has 1 aliphatic rings. The van der Waals surface area contributed by atoms with Crippen LogP contribution in [-0.2, 0) is 16.1 Å². The van der Waals surface area contributed by atoms with Crippen molar-refractivity contribution >= 4 is 5.97 Å². The molecule has 27 heavy (non-hydrogen) atoms. The molecule has 2 aromatic carbocycles. The van der Waals surface area contributed by atoms with Crippen molar-refractivity contribution in [2.45, 2.75) is 51.9 Å². The molecule has 0 radical (unpaired) electrons. The smallest absolute Gasteiger partial charge is 0.320 e. The van der Waals surface area contributed by atoms with E-state index in [0.29, 0.717) is 13.0 Å². The van der Waals surface area contributed by atoms with Crippen molar-refractivity contribution in [1.29, 1.82) is 0 Å². The van der Waals surface area contributed by atoms with Crippen molar-refractivity contribution in [3.05, 3.63) is 59.7 Å². The third-order valence-corrected chi connectivity index (χ3v) is 5.44. The standard InChI is InChI=1S/C23H29NO3/c1-3-22(23(25)26)24-14-12-20(13-15-24)27-16-19-6-4-5-7-21(19)18-10-8-17(2)9-11-18/h4-11,20,22H,3,12-16H2,1-2H3,(H,25,26). The highest BCUT2D eigenvalue weighted by Crippen LogP contribution is 2.26. The van der Waals surface area contributed by atoms with Gasteiger partial charge < -0.3 is 9.84 Å². The van der Waals surface area contributed by atoms with Crippen LogP contribution in [0, 0.1) is 6.92 Å². The number of nitrogens with zero attached hydrogens (tertiary/aromatic N) is 1. The molecular formula is C23H29NO3. The van der Waals surface area contributed by atoms with Gasteiger partial charge in [0.2, 0.25) is 0 Å². The second-order valence-corrected chi connectivity index (χ2v) is 7.33. The minimum atomic E-state index is -0.719. The molecule has 1 fully saturated rings. The number of likely N-dealkylation sites (tertiary alicyclic amines) is 1. The summed E-state index contributed by atoms with van der Waals surface area (Å²) in [6.45, 7) is 6.19. The van der Waals surface area contributed by atoms with Crippen LogP contribution in [0.3, 0.4) is 0 Å². The van der Waals surface area contributed by atoms with Gasteiger partial charge in [-0.1, -0.05) is 61.0 Å². The summed E-state index contributed by atoms with van der Waals surface area (Å²) < 4.78 is 6.20. The van der Waals surface area contributed by atoms with E-state index in [2.05, 4.69) is 60.4 Å². The molecule has 0 aliphatic carbocycles. The SMILES string of the molecule is CCC(C(=O)O)N1CCC(OCc2ccccc2-c2ccc(C)cc2)CC1. The minimum absolute atomic E-state index is 0.193. The monoisotopic (exact) mass is 367 g/mol. The quantitative estimate of drug-likeness (QED) is 0.782. The van der Waals surface area contributed by atoms with Crippen LogP contribution in [0.5, 0.6) is 0 Å². The molecule has 3 rings (SSSR count). The molecule has 1 heterocycles. The van der Waals surface area contributed by atoms with E-state index >= 15 is 0 Å². The largest absolute Gasteiger partial charge is 0.480 e. The number of piperidine rings is 1. The number of hydrogen-bond acceptors (Lipinski definition) is 3. The maximum atomic E-state index is 11.3. The highest BCUT2D eigenvalue weighted by atomic mass is 16.5. The fraction of sp³-hybridized carbons (Fsp3) is 0.435. The molecule has 4 heteroatoms. The molecule has 0 aromatic heterocycles. The number of carboxylic acid groups (broad SMARTS) is 1. The van der Waals surface area contributed by atoms with Gasteiger partial charge in [0.25, 0.3) is 0 Å². The van der Waals surface area contributed by atoms with Crippen LogP contribution in [0.25, 0.3) is 11.1 Å². The second-order valence-electron chi connectivity index (χ2n) is 7.33. The van der Waals surface area contributed by atoms with Gasteiger partial charge in [-0.15, -0.1) is 0 Å². The molecule has 0 saturated carbocycles. The number of hydrogen-bond donors (Lipinski definition) is 1. The lowest BCUT2D eigenvalue weighted by Crippen LogP contribution is -2.46. The first-order valence-electron chi connectivity index (χ1n) is 9.82. The molecule has 1 atom stereocenters. The number of ether oxygens (including phenoxy) is 1. The Morgan fingerprint density at radius 2 is 1.81 bits per heavy atom. The summed E-state index contributed by atoms with van der Waals surface area (Å²) in [5.41, 5.74) is 4.88. The summed E-state index contributed by atoms with van der Waals surface area (Å²) in [4.78, 5) is 13.4. The third kappa shape index (κ3) is 4.96. The fourth-order valence-corrected chi connectivity index (χ4v) is 3.81. The van der Waals surface area contributed by atoms with Crippen LogP contribution in [-0.4, -0.2) is 41.2 Å². The Hall–Kier alpha value is -2.17. The number of aliphatic carboxylic acids is 1. The van der Waals surface area contributed by atoms with Crippen LogP contribution < -0.4 is 0 Å². The zero-order valence-corrected chi connectivity index (χ0v) is 16.2. The van der Waals surface area contributed by atoms with E-state index in [-0.39, 0.29) is 12.1 Å². The Balaban J connectivity index is 1.59. The number of rotatable bonds is 7. The lowest BCUT2D eigenvalue weighted by molar-refractivity contribution is -0.144. The molecular weight excluding hydrogens is 338 g/mol. The highest BCUT2D eigenvalue weighted by molar-refractivity contribution is 5.73. The van der Waals surface area contributed by atoms with E-state index in [9.17, 15) is 9.90 Å². The Morgan fingerprint density at radius 3 is 2.44 bits per heavy atom. The van der Waals surface area contributed by atoms with Crippen LogP contribution in [0.4, 0.5) is 0 Å². The minimum Gasteiger partial charge on any atom is -0.480 e. The maximum Gasteiger partial charge on any atom is 0.320 e. The zero-order valence-electron chi connectivity index (χ0n) is 16.2. The van der Waals surface area contributed by atoms with Crippen molar-refractivity contribution in [1.82, 2.24) is 4.90 Å². The van der Waals surface area contributed by atoms with Crippen molar-refractivity contribution in [3.63, 3.8) is 0 Å². The normalized spacial score (nSPS) is 17.0. The van der Waals surface area contributed by atoms with Gasteiger partial charge in [0.15, 0.2) is 0 Å². The molecule has 2 aromatic rings. The number of benzene rings is 2. The molecule has 144 valence electrons. The molecule has 4 nitrogen and oxygen atoms in total. The van der Waals surface area contributed by atoms with E-state index < -0.39 is 5.97 Å². The van der Waals surface area contributed by atoms with Crippen LogP contribution in [0.1, 0.15) is 37.3 Å². The first-order valence-corrected chi connectivity index (χ1v) is 9.82. The number of aryl methyl sites for hydroxylation is 1. The summed E-state index contributed by atoms with van der Waals surface area (Å²) >= 11 is 0. The summed E-state index contributed by atoms with van der Waals surface area (Å²) in [5.74, 6) is -0.719. The van der Waals surface area contributed by atoms with Crippen LogP contribution in [0.2, 0.25) is 0 Å². The topological polar surface area (TPSA) is 49.8 Å². The van der Waals surface area contributed by atoms with Crippen LogP contribution in [0.15, 0.2) is 48.5 Å². The summed E-state index contributed by atoms with van der Waals surface area (Å²) in [7, 11) is 0. The van der Waals surface area contributed by atoms with Gasteiger partial charge in [0, 0.05) is 13.1 Å². The second kappa shape index (κ2) is 9.16. The molecule has 0 amide bonds. The average Bonchev–Trinajstić information content (AvgIpc) is 2.68. The Bertz CT molecular complexity index is 748. The van der Waals surface area contributed by atoms with Gasteiger partial charge in [-0.2, -0.15) is 0 Å². The Kier molecular flexibility index (Phi) is 6.64. The van der Waals surface area contributed by atoms with Crippen LogP contribution >= 0.6 is 0 Å². The summed E-state index contributed by atoms with van der Waals surface area (Å²) in [6, 6.07) is 16.6. The van der Waals surface area contributed by atoms with E-state index in [1.165, 1.54) is 22.3 Å². The predicted molar refractivity (Wildman–Crippen MR) is 108 cm³/mol. The molecule has 0 bridgehead atoms. The zero-order chi connectivity index (χ0) is 19.2. The number of carbonyl (C=O) groups is 1. The molecule has 1 saturated heterocycles. The Morgan fingerprint density at radius 1 is 1.15 bits per heavy atom. The van der Waals surface area contributed by atoms with Crippen molar-refractivity contribution in [2.24, 2.45) is 0 Å². The fourth-order valence-electron chi connectivity index (χ4n) is 3.81. The van der Waals surface area contributed by atoms with Crippen molar-refractivity contribution in [3.8, 4) is 11.1 Å². The first kappa shape index (κ1) is 19.6. The van der Waals surface area contributed by atoms with Gasteiger partial charge in [-0.25, -0.2) is 0 Å². The molecule has 1 aliphatic heterocycles. The lowest BCUT2D eigenvalue weighted by Gasteiger charge is -2.35. The molecule has 0 spiro atoms. The third-order valence-electron chi connectivity index (χ3n) is 5.44. The van der Waals surface area contributed by atoms with E-state index in [1.807, 2.05) is 6.92 Å². The predicted octanol–water partition coefficient (Wildman–Crippen LogP) is 4.51. The summed E-state index contributed by atoms with van der Waals surface area (Å²) in [6.07, 6.45) is 2.61. The Labute approximate surface area is 161 Å². The van der Waals surface area contributed by atoms with E-state index in [0.717, 1.165) is 25.9 Å². The highest BCUT2D eigenvalue weighted by Gasteiger charge is 2.28. The maximum absolute atomic E-state index is 11.3. The van der Waals surface area contributed by atoms with Gasteiger partial charge in [0.05, 0.1) is 12.7 Å². The average molecular weight is 367 g/mol. The van der Waals surface area contributed by atoms with Crippen molar-refractivity contribution in [2.75, 3.05) is 13.1 Å². The molecule has 1 unspecified atom stereocenters. The van der Waals surface area contributed by atoms with E-state index in [1.54, 1.807) is 0 Å². The van der Waals surface area contributed by atoms with E-state index in [4.69, 9.17) is 4.74 Å². The van der Waals surface area contributed by atoms with Gasteiger partial charge in [0.1, 0.15) is 6.04 Å². The van der Waals surface area contributed by atoms with Gasteiger partial charge >= 0.3 is 5.97 Å². The lowest BCUT2D eigenvalue weighted by atomic mass is 9.99.